The van der Waals surface area contributed by atoms with Gasteiger partial charge < -0.3 is 10.1 Å². The monoisotopic (exact) mass is 504 g/mol. The van der Waals surface area contributed by atoms with Crippen molar-refractivity contribution in [2.75, 3.05) is 18.2 Å². The Labute approximate surface area is 206 Å². The zero-order valence-corrected chi connectivity index (χ0v) is 21.7. The first-order valence-corrected chi connectivity index (χ1v) is 13.4. The predicted octanol–water partition coefficient (Wildman–Crippen LogP) is 5.59. The van der Waals surface area contributed by atoms with Crippen LogP contribution in [-0.4, -0.2) is 39.5 Å². The Hall–Kier alpha value is -2.43. The van der Waals surface area contributed by atoms with Crippen LogP contribution in [0.1, 0.15) is 45.9 Å². The molecule has 7 nitrogen and oxygen atoms in total. The molecular weight excluding hydrogens is 476 g/mol. The van der Waals surface area contributed by atoms with Crippen LogP contribution in [0.3, 0.4) is 0 Å². The second kappa shape index (κ2) is 11.6. The lowest BCUT2D eigenvalue weighted by Gasteiger charge is -2.08. The average Bonchev–Trinajstić information content (AvgIpc) is 3.49. The van der Waals surface area contributed by atoms with Gasteiger partial charge in [0.2, 0.25) is 5.91 Å². The molecule has 0 unspecified atom stereocenters. The molecule has 33 heavy (non-hydrogen) atoms. The summed E-state index contributed by atoms with van der Waals surface area (Å²) in [5.74, 6) is 0.252. The number of hydrogen-bond acceptors (Lipinski definition) is 8. The number of aryl methyl sites for hydroxylation is 2. The quantitative estimate of drug-likeness (QED) is 0.208. The standard InChI is InChI=1S/C23H28N4O3S3/c1-6-9-16-11-15(12-31-16)20-25-26-23(27(20)10-7-2)32-13-18(28)24-21-19(22(29)30-5)17(8-3)14(4)33-21/h7,11-12H,2,6,8-10,13H2,1,3-5H3,(H,24,28). The van der Waals surface area contributed by atoms with Gasteiger partial charge in [-0.1, -0.05) is 38.1 Å². The lowest BCUT2D eigenvalue weighted by Crippen LogP contribution is -2.16. The molecule has 0 aliphatic carbocycles. The summed E-state index contributed by atoms with van der Waals surface area (Å²) >= 11 is 4.42. The van der Waals surface area contributed by atoms with Crippen molar-refractivity contribution in [1.29, 1.82) is 0 Å². The van der Waals surface area contributed by atoms with Gasteiger partial charge in [0.25, 0.3) is 0 Å². The summed E-state index contributed by atoms with van der Waals surface area (Å²) in [6, 6.07) is 2.15. The molecule has 1 amide bonds. The summed E-state index contributed by atoms with van der Waals surface area (Å²) in [5, 5.41) is 14.8. The molecule has 3 aromatic heterocycles. The van der Waals surface area contributed by atoms with Gasteiger partial charge in [0.15, 0.2) is 11.0 Å². The number of carbonyl (C=O) groups excluding carboxylic acids is 2. The van der Waals surface area contributed by atoms with E-state index in [1.165, 1.54) is 35.1 Å². The fourth-order valence-electron chi connectivity index (χ4n) is 3.48. The van der Waals surface area contributed by atoms with Crippen LogP contribution >= 0.6 is 34.4 Å². The van der Waals surface area contributed by atoms with Crippen molar-refractivity contribution in [1.82, 2.24) is 14.8 Å². The first-order chi connectivity index (χ1) is 15.9. The zero-order chi connectivity index (χ0) is 24.0. The predicted molar refractivity (Wildman–Crippen MR) is 137 cm³/mol. The Morgan fingerprint density at radius 1 is 1.33 bits per heavy atom. The Balaban J connectivity index is 1.75. The van der Waals surface area contributed by atoms with Gasteiger partial charge in [0.05, 0.1) is 18.4 Å². The largest absolute Gasteiger partial charge is 0.465 e. The Morgan fingerprint density at radius 2 is 2.12 bits per heavy atom. The molecule has 0 aromatic carbocycles. The van der Waals surface area contributed by atoms with Crippen LogP contribution < -0.4 is 5.32 Å². The van der Waals surface area contributed by atoms with Crippen LogP contribution in [0.2, 0.25) is 0 Å². The number of hydrogen-bond donors (Lipinski definition) is 1. The van der Waals surface area contributed by atoms with E-state index in [2.05, 4.69) is 40.5 Å². The fourth-order valence-corrected chi connectivity index (χ4v) is 6.35. The van der Waals surface area contributed by atoms with E-state index in [-0.39, 0.29) is 11.7 Å². The van der Waals surface area contributed by atoms with Crippen molar-refractivity contribution >= 4 is 51.3 Å². The summed E-state index contributed by atoms with van der Waals surface area (Å²) in [6.45, 7) is 10.5. The van der Waals surface area contributed by atoms with Crippen molar-refractivity contribution in [2.45, 2.75) is 51.7 Å². The van der Waals surface area contributed by atoms with Gasteiger partial charge in [0.1, 0.15) is 5.00 Å². The molecule has 0 saturated heterocycles. The van der Waals surface area contributed by atoms with E-state index in [4.69, 9.17) is 4.74 Å². The van der Waals surface area contributed by atoms with Crippen LogP contribution in [0.25, 0.3) is 11.4 Å². The van der Waals surface area contributed by atoms with Gasteiger partial charge in [-0.25, -0.2) is 4.79 Å². The highest BCUT2D eigenvalue weighted by atomic mass is 32.2. The first-order valence-electron chi connectivity index (χ1n) is 10.7. The molecule has 1 N–H and O–H groups in total. The number of nitrogens with zero attached hydrogens (tertiary/aromatic N) is 3. The normalized spacial score (nSPS) is 10.9. The molecule has 0 aliphatic heterocycles. The van der Waals surface area contributed by atoms with Crippen LogP contribution in [0, 0.1) is 6.92 Å². The number of carbonyl (C=O) groups is 2. The molecule has 0 aliphatic rings. The number of anilines is 1. The highest BCUT2D eigenvalue weighted by Crippen LogP contribution is 2.34. The maximum Gasteiger partial charge on any atom is 0.341 e. The first kappa shape index (κ1) is 25.2. The van der Waals surface area contributed by atoms with Crippen molar-refractivity contribution in [3.63, 3.8) is 0 Å². The zero-order valence-electron chi connectivity index (χ0n) is 19.3. The maximum absolute atomic E-state index is 12.7. The van der Waals surface area contributed by atoms with Gasteiger partial charge in [-0.2, -0.15) is 0 Å². The smallest absolute Gasteiger partial charge is 0.341 e. The minimum absolute atomic E-state index is 0.138. The van der Waals surface area contributed by atoms with E-state index in [9.17, 15) is 9.59 Å². The van der Waals surface area contributed by atoms with Crippen LogP contribution in [0.4, 0.5) is 5.00 Å². The number of esters is 1. The minimum Gasteiger partial charge on any atom is -0.465 e. The molecule has 10 heteroatoms. The molecule has 3 rings (SSSR count). The topological polar surface area (TPSA) is 86.1 Å². The van der Waals surface area contributed by atoms with E-state index >= 15 is 0 Å². The third-order valence-electron chi connectivity index (χ3n) is 4.97. The number of ether oxygens (including phenoxy) is 1. The molecule has 176 valence electrons. The highest BCUT2D eigenvalue weighted by molar-refractivity contribution is 7.99. The van der Waals surface area contributed by atoms with Crippen LogP contribution in [0.15, 0.2) is 29.3 Å². The number of allylic oxidation sites excluding steroid dienone is 1. The number of amides is 1. The van der Waals surface area contributed by atoms with Gasteiger partial charge in [-0.15, -0.1) is 39.4 Å². The molecule has 0 radical (unpaired) electrons. The number of aromatic nitrogens is 3. The fraction of sp³-hybridized carbons (Fsp3) is 0.391. The number of thioether (sulfide) groups is 1. The number of thiophene rings is 2. The summed E-state index contributed by atoms with van der Waals surface area (Å²) in [4.78, 5) is 27.3. The summed E-state index contributed by atoms with van der Waals surface area (Å²) in [7, 11) is 1.35. The van der Waals surface area contributed by atoms with Crippen LogP contribution in [-0.2, 0) is 28.9 Å². The molecular formula is C23H28N4O3S3. The highest BCUT2D eigenvalue weighted by Gasteiger charge is 2.23. The van der Waals surface area contributed by atoms with E-state index in [1.807, 2.05) is 18.4 Å². The Bertz CT molecular complexity index is 1150. The molecule has 0 bridgehead atoms. The van der Waals surface area contributed by atoms with E-state index < -0.39 is 5.97 Å². The summed E-state index contributed by atoms with van der Waals surface area (Å²) in [6.07, 6.45) is 4.61. The third kappa shape index (κ3) is 5.74. The summed E-state index contributed by atoms with van der Waals surface area (Å²) in [5.41, 5.74) is 2.37. The van der Waals surface area contributed by atoms with Gasteiger partial charge >= 0.3 is 5.97 Å². The lowest BCUT2D eigenvalue weighted by atomic mass is 10.1. The van der Waals surface area contributed by atoms with Gasteiger partial charge in [0, 0.05) is 27.2 Å². The van der Waals surface area contributed by atoms with Crippen molar-refractivity contribution < 1.29 is 14.3 Å². The minimum atomic E-state index is -0.437. The Kier molecular flexibility index (Phi) is 8.87. The Morgan fingerprint density at radius 3 is 2.79 bits per heavy atom. The second-order valence-electron chi connectivity index (χ2n) is 7.28. The van der Waals surface area contributed by atoms with Gasteiger partial charge in [-0.3, -0.25) is 9.36 Å². The SMILES string of the molecule is C=CCn1c(SCC(=O)Nc2sc(C)c(CC)c2C(=O)OC)nnc1-c1csc(CCC)c1. The number of nitrogens with one attached hydrogen (secondary N) is 1. The van der Waals surface area contributed by atoms with Crippen LogP contribution in [0.5, 0.6) is 0 Å². The van der Waals surface area contributed by atoms with Gasteiger partial charge in [-0.05, 0) is 31.4 Å². The molecule has 0 fully saturated rings. The van der Waals surface area contributed by atoms with E-state index in [1.54, 1.807) is 17.4 Å². The maximum atomic E-state index is 12.7. The average molecular weight is 505 g/mol. The number of methoxy groups -OCH3 is 1. The van der Waals surface area contributed by atoms with E-state index in [0.717, 1.165) is 34.7 Å². The number of rotatable bonds is 11. The summed E-state index contributed by atoms with van der Waals surface area (Å²) < 4.78 is 6.89. The van der Waals surface area contributed by atoms with Crippen molar-refractivity contribution in [3.8, 4) is 11.4 Å². The molecule has 3 aromatic rings. The molecule has 0 saturated carbocycles. The second-order valence-corrected chi connectivity index (χ2v) is 10.4. The van der Waals surface area contributed by atoms with E-state index in [0.29, 0.717) is 28.7 Å². The lowest BCUT2D eigenvalue weighted by molar-refractivity contribution is -0.113. The molecule has 0 atom stereocenters. The molecule has 0 spiro atoms. The van der Waals surface area contributed by atoms with Crippen molar-refractivity contribution in [3.05, 3.63) is 45.0 Å². The molecule has 3 heterocycles. The van der Waals surface area contributed by atoms with Crippen molar-refractivity contribution in [2.24, 2.45) is 0 Å². The third-order valence-corrected chi connectivity index (χ3v) is 8.00.